The molecule has 0 saturated heterocycles. The van der Waals surface area contributed by atoms with Gasteiger partial charge in [0, 0.05) is 13.2 Å². The van der Waals surface area contributed by atoms with Gasteiger partial charge in [-0.3, -0.25) is 0 Å². The Balaban J connectivity index is 4.14. The van der Waals surface area contributed by atoms with Gasteiger partial charge in [-0.2, -0.15) is 0 Å². The van der Waals surface area contributed by atoms with Crippen LogP contribution in [0.4, 0.5) is 0 Å². The van der Waals surface area contributed by atoms with Gasteiger partial charge >= 0.3 is 0 Å². The Labute approximate surface area is 74.4 Å². The lowest BCUT2D eigenvalue weighted by Gasteiger charge is -2.19. The maximum Gasteiger partial charge on any atom is 0.209 e. The van der Waals surface area contributed by atoms with Crippen LogP contribution in [0.2, 0.25) is 0 Å². The molecule has 74 valence electrons. The monoisotopic (exact) mass is 195 g/mol. The van der Waals surface area contributed by atoms with E-state index in [1.807, 2.05) is 13.8 Å². The van der Waals surface area contributed by atoms with Gasteiger partial charge < -0.3 is 4.74 Å². The summed E-state index contributed by atoms with van der Waals surface area (Å²) in [6, 6.07) is -0.134. The lowest BCUT2D eigenvalue weighted by atomic mass is 10.1. The van der Waals surface area contributed by atoms with Crippen LogP contribution in [0.3, 0.4) is 0 Å². The molecule has 0 aliphatic rings. The van der Waals surface area contributed by atoms with Crippen molar-refractivity contribution in [3.05, 3.63) is 0 Å². The Morgan fingerprint density at radius 3 is 2.17 bits per heavy atom. The Morgan fingerprint density at radius 1 is 1.42 bits per heavy atom. The van der Waals surface area contributed by atoms with Crippen LogP contribution in [0, 0.1) is 5.92 Å². The summed E-state index contributed by atoms with van der Waals surface area (Å²) in [4.78, 5) is 0. The Morgan fingerprint density at radius 2 is 1.92 bits per heavy atom. The molecule has 0 fully saturated rings. The quantitative estimate of drug-likeness (QED) is 0.682. The fourth-order valence-corrected chi connectivity index (χ4v) is 1.71. The Bertz CT molecular complexity index is 211. The summed E-state index contributed by atoms with van der Waals surface area (Å²) >= 11 is 0. The molecule has 12 heavy (non-hydrogen) atoms. The van der Waals surface area contributed by atoms with Crippen LogP contribution in [0.1, 0.15) is 13.8 Å². The molecule has 0 amide bonds. The van der Waals surface area contributed by atoms with Crippen LogP contribution in [0.5, 0.6) is 0 Å². The average Bonchev–Trinajstić information content (AvgIpc) is 1.83. The SMILES string of the molecule is COCC(NS(C)(=O)=O)C(C)C. The first-order valence-electron chi connectivity index (χ1n) is 3.83. The van der Waals surface area contributed by atoms with Gasteiger partial charge in [0.2, 0.25) is 10.0 Å². The maximum absolute atomic E-state index is 10.9. The van der Waals surface area contributed by atoms with Crippen molar-refractivity contribution >= 4 is 10.0 Å². The lowest BCUT2D eigenvalue weighted by Crippen LogP contribution is -2.40. The van der Waals surface area contributed by atoms with E-state index < -0.39 is 10.0 Å². The van der Waals surface area contributed by atoms with E-state index >= 15 is 0 Å². The van der Waals surface area contributed by atoms with Gasteiger partial charge in [0.1, 0.15) is 0 Å². The van der Waals surface area contributed by atoms with E-state index in [0.29, 0.717) is 6.61 Å². The first-order chi connectivity index (χ1) is 5.37. The first kappa shape index (κ1) is 11.9. The van der Waals surface area contributed by atoms with Gasteiger partial charge in [0.05, 0.1) is 12.9 Å². The molecule has 0 spiro atoms. The highest BCUT2D eigenvalue weighted by Crippen LogP contribution is 2.02. The molecular weight excluding hydrogens is 178 g/mol. The van der Waals surface area contributed by atoms with E-state index in [2.05, 4.69) is 4.72 Å². The zero-order chi connectivity index (χ0) is 9.78. The number of sulfonamides is 1. The third kappa shape index (κ3) is 5.51. The summed E-state index contributed by atoms with van der Waals surface area (Å²) in [6.07, 6.45) is 1.15. The summed E-state index contributed by atoms with van der Waals surface area (Å²) in [7, 11) is -1.57. The third-order valence-corrected chi connectivity index (χ3v) is 2.25. The standard InChI is InChI=1S/C7H17NO3S/c1-6(2)7(5-11-3)8-12(4,9)10/h6-8H,5H2,1-4H3. The van der Waals surface area contributed by atoms with E-state index in [9.17, 15) is 8.42 Å². The molecule has 5 heteroatoms. The van der Waals surface area contributed by atoms with Crippen LogP contribution in [-0.4, -0.2) is 34.4 Å². The van der Waals surface area contributed by atoms with Gasteiger partial charge in [0.25, 0.3) is 0 Å². The zero-order valence-electron chi connectivity index (χ0n) is 7.99. The number of hydrogen-bond donors (Lipinski definition) is 1. The minimum absolute atomic E-state index is 0.134. The maximum atomic E-state index is 10.9. The zero-order valence-corrected chi connectivity index (χ0v) is 8.81. The number of methoxy groups -OCH3 is 1. The minimum atomic E-state index is -3.12. The van der Waals surface area contributed by atoms with Crippen molar-refractivity contribution in [1.82, 2.24) is 4.72 Å². The summed E-state index contributed by atoms with van der Waals surface area (Å²) < 4.78 is 29.1. The second-order valence-electron chi connectivity index (χ2n) is 3.20. The summed E-state index contributed by atoms with van der Waals surface area (Å²) in [5.41, 5.74) is 0. The highest BCUT2D eigenvalue weighted by Gasteiger charge is 2.16. The molecule has 1 unspecified atom stereocenters. The smallest absolute Gasteiger partial charge is 0.209 e. The number of rotatable bonds is 5. The van der Waals surface area contributed by atoms with Crippen molar-refractivity contribution in [1.29, 1.82) is 0 Å². The largest absolute Gasteiger partial charge is 0.383 e. The van der Waals surface area contributed by atoms with E-state index in [4.69, 9.17) is 4.74 Å². The molecule has 0 rings (SSSR count). The Kier molecular flexibility index (Phi) is 4.74. The number of ether oxygens (including phenoxy) is 1. The van der Waals surface area contributed by atoms with Gasteiger partial charge in [-0.1, -0.05) is 13.8 Å². The van der Waals surface area contributed by atoms with Crippen molar-refractivity contribution in [3.63, 3.8) is 0 Å². The molecule has 0 aromatic rings. The van der Waals surface area contributed by atoms with Gasteiger partial charge in [-0.15, -0.1) is 0 Å². The lowest BCUT2D eigenvalue weighted by molar-refractivity contribution is 0.157. The second-order valence-corrected chi connectivity index (χ2v) is 4.98. The van der Waals surface area contributed by atoms with Crippen LogP contribution >= 0.6 is 0 Å². The third-order valence-electron chi connectivity index (χ3n) is 1.52. The number of hydrogen-bond acceptors (Lipinski definition) is 3. The fraction of sp³-hybridized carbons (Fsp3) is 1.00. The molecule has 1 atom stereocenters. The van der Waals surface area contributed by atoms with Crippen molar-refractivity contribution in [2.45, 2.75) is 19.9 Å². The van der Waals surface area contributed by atoms with E-state index in [-0.39, 0.29) is 12.0 Å². The molecule has 0 aliphatic carbocycles. The van der Waals surface area contributed by atoms with E-state index in [0.717, 1.165) is 6.26 Å². The molecule has 4 nitrogen and oxygen atoms in total. The van der Waals surface area contributed by atoms with Crippen molar-refractivity contribution in [2.75, 3.05) is 20.0 Å². The highest BCUT2D eigenvalue weighted by atomic mass is 32.2. The van der Waals surface area contributed by atoms with Crippen molar-refractivity contribution in [3.8, 4) is 0 Å². The topological polar surface area (TPSA) is 55.4 Å². The predicted molar refractivity (Wildman–Crippen MR) is 48.5 cm³/mol. The van der Waals surface area contributed by atoms with Crippen LogP contribution < -0.4 is 4.72 Å². The van der Waals surface area contributed by atoms with Crippen LogP contribution in [0.15, 0.2) is 0 Å². The molecule has 0 saturated carbocycles. The molecule has 0 radical (unpaired) electrons. The van der Waals surface area contributed by atoms with Crippen LogP contribution in [-0.2, 0) is 14.8 Å². The average molecular weight is 195 g/mol. The summed E-state index contributed by atoms with van der Waals surface area (Å²) in [6.45, 7) is 4.30. The van der Waals surface area contributed by atoms with Crippen molar-refractivity contribution in [2.24, 2.45) is 5.92 Å². The molecule has 0 bridgehead atoms. The minimum Gasteiger partial charge on any atom is -0.383 e. The van der Waals surface area contributed by atoms with Crippen molar-refractivity contribution < 1.29 is 13.2 Å². The molecular formula is C7H17NO3S. The normalized spacial score (nSPS) is 15.1. The summed E-state index contributed by atoms with van der Waals surface area (Å²) in [5, 5.41) is 0. The summed E-state index contributed by atoms with van der Waals surface area (Å²) in [5.74, 6) is 0.236. The molecule has 1 N–H and O–H groups in total. The fourth-order valence-electron chi connectivity index (χ4n) is 0.817. The van der Waals surface area contributed by atoms with Gasteiger partial charge in [-0.25, -0.2) is 13.1 Å². The van der Waals surface area contributed by atoms with Crippen LogP contribution in [0.25, 0.3) is 0 Å². The van der Waals surface area contributed by atoms with E-state index in [1.165, 1.54) is 0 Å². The molecule has 0 aromatic heterocycles. The molecule has 0 heterocycles. The van der Waals surface area contributed by atoms with Gasteiger partial charge in [0.15, 0.2) is 0 Å². The van der Waals surface area contributed by atoms with E-state index in [1.54, 1.807) is 7.11 Å². The van der Waals surface area contributed by atoms with Gasteiger partial charge in [-0.05, 0) is 5.92 Å². The Hall–Kier alpha value is -0.130. The first-order valence-corrected chi connectivity index (χ1v) is 5.72. The number of nitrogens with one attached hydrogen (secondary N) is 1. The molecule has 0 aromatic carbocycles. The predicted octanol–water partition coefficient (Wildman–Crippen LogP) is 0.207. The second kappa shape index (κ2) is 4.79. The molecule has 0 aliphatic heterocycles. The highest BCUT2D eigenvalue weighted by molar-refractivity contribution is 7.88.